The van der Waals surface area contributed by atoms with E-state index < -0.39 is 0 Å². The number of anilines is 1. The molecule has 0 radical (unpaired) electrons. The number of carbonyl (C=O) groups is 1. The maximum atomic E-state index is 12.9. The van der Waals surface area contributed by atoms with Crippen LogP contribution >= 0.6 is 0 Å². The zero-order valence-corrected chi connectivity index (χ0v) is 16.9. The van der Waals surface area contributed by atoms with Gasteiger partial charge in [0.1, 0.15) is 5.82 Å². The minimum absolute atomic E-state index is 0.00181. The average Bonchev–Trinajstić information content (AvgIpc) is 3.34. The SMILES string of the molecule is O=C(Cc1cc2cc(-c3cnco3)cnc2cn1)c1ccnc(NC2CCNCC2)c1. The summed E-state index contributed by atoms with van der Waals surface area (Å²) in [6, 6.07) is 7.82. The Bertz CT molecular complexity index is 1200. The van der Waals surface area contributed by atoms with Crippen LogP contribution in [0.3, 0.4) is 0 Å². The average molecular weight is 414 g/mol. The number of fused-ring (bicyclic) bond motifs is 1. The molecule has 31 heavy (non-hydrogen) atoms. The molecule has 1 fully saturated rings. The van der Waals surface area contributed by atoms with Crippen LogP contribution in [0, 0.1) is 0 Å². The third kappa shape index (κ3) is 4.44. The molecule has 5 rings (SSSR count). The second-order valence-electron chi connectivity index (χ2n) is 7.66. The largest absolute Gasteiger partial charge is 0.443 e. The number of pyridine rings is 3. The Kier molecular flexibility index (Phi) is 5.37. The van der Waals surface area contributed by atoms with Crippen LogP contribution in [-0.2, 0) is 6.42 Å². The van der Waals surface area contributed by atoms with E-state index in [-0.39, 0.29) is 12.2 Å². The number of Topliss-reactive ketones (excluding diaryl/α,β-unsaturated/α-hetero) is 1. The maximum Gasteiger partial charge on any atom is 0.181 e. The Hall–Kier alpha value is -3.65. The lowest BCUT2D eigenvalue weighted by Crippen LogP contribution is -2.35. The van der Waals surface area contributed by atoms with Crippen LogP contribution < -0.4 is 10.6 Å². The van der Waals surface area contributed by atoms with Crippen LogP contribution in [0.4, 0.5) is 5.82 Å². The molecule has 4 aromatic heterocycles. The van der Waals surface area contributed by atoms with Crippen molar-refractivity contribution in [2.45, 2.75) is 25.3 Å². The molecule has 0 atom stereocenters. The minimum atomic E-state index is 0.00181. The Labute approximate surface area is 179 Å². The van der Waals surface area contributed by atoms with Gasteiger partial charge >= 0.3 is 0 Å². The van der Waals surface area contributed by atoms with Gasteiger partial charge in [-0.1, -0.05) is 0 Å². The zero-order valence-electron chi connectivity index (χ0n) is 16.9. The normalized spacial score (nSPS) is 14.6. The van der Waals surface area contributed by atoms with Crippen LogP contribution in [-0.4, -0.2) is 44.9 Å². The van der Waals surface area contributed by atoms with E-state index in [0.29, 0.717) is 23.1 Å². The fraction of sp³-hybridized carbons (Fsp3) is 0.261. The van der Waals surface area contributed by atoms with E-state index in [1.165, 1.54) is 6.39 Å². The van der Waals surface area contributed by atoms with E-state index in [1.807, 2.05) is 18.2 Å². The summed E-state index contributed by atoms with van der Waals surface area (Å²) in [5, 5.41) is 7.69. The fourth-order valence-corrected chi connectivity index (χ4v) is 3.79. The van der Waals surface area contributed by atoms with Crippen molar-refractivity contribution in [2.24, 2.45) is 0 Å². The summed E-state index contributed by atoms with van der Waals surface area (Å²) in [7, 11) is 0. The molecule has 4 aromatic rings. The van der Waals surface area contributed by atoms with Gasteiger partial charge in [0.15, 0.2) is 17.9 Å². The summed E-state index contributed by atoms with van der Waals surface area (Å²) in [4.78, 5) is 30.1. The highest BCUT2D eigenvalue weighted by Gasteiger charge is 2.15. The molecule has 0 unspecified atom stereocenters. The van der Waals surface area contributed by atoms with Crippen molar-refractivity contribution in [1.82, 2.24) is 25.3 Å². The third-order valence-electron chi connectivity index (χ3n) is 5.46. The first-order valence-corrected chi connectivity index (χ1v) is 10.3. The predicted octanol–water partition coefficient (Wildman–Crippen LogP) is 3.27. The molecule has 8 heteroatoms. The lowest BCUT2D eigenvalue weighted by atomic mass is 10.0. The first-order chi connectivity index (χ1) is 15.2. The molecule has 0 saturated carbocycles. The number of oxazole rings is 1. The molecule has 1 aliphatic heterocycles. The van der Waals surface area contributed by atoms with Gasteiger partial charge in [0, 0.05) is 40.6 Å². The lowest BCUT2D eigenvalue weighted by Gasteiger charge is -2.24. The van der Waals surface area contributed by atoms with Crippen molar-refractivity contribution in [1.29, 1.82) is 0 Å². The van der Waals surface area contributed by atoms with E-state index in [2.05, 4.69) is 30.6 Å². The quantitative estimate of drug-likeness (QED) is 0.463. The monoisotopic (exact) mass is 414 g/mol. The van der Waals surface area contributed by atoms with E-state index in [9.17, 15) is 4.79 Å². The molecular formula is C23H22N6O2. The summed E-state index contributed by atoms with van der Waals surface area (Å²) in [6.07, 6.45) is 10.4. The van der Waals surface area contributed by atoms with Gasteiger partial charge in [-0.15, -0.1) is 0 Å². The number of rotatable bonds is 6. The fourth-order valence-electron chi connectivity index (χ4n) is 3.79. The van der Waals surface area contributed by atoms with Crippen molar-refractivity contribution in [3.8, 4) is 11.3 Å². The summed E-state index contributed by atoms with van der Waals surface area (Å²) >= 11 is 0. The number of ketones is 1. The predicted molar refractivity (Wildman–Crippen MR) is 117 cm³/mol. The standard InChI is InChI=1S/C23H22N6O2/c30-21(15-1-6-26-23(9-15)29-18-2-4-24-5-3-18)10-19-8-16-7-17(22-13-25-14-31-22)11-28-20(16)12-27-19/h1,6-9,11-14,18,24H,2-5,10H2,(H,26,29). The molecule has 0 amide bonds. The van der Waals surface area contributed by atoms with E-state index in [4.69, 9.17) is 4.42 Å². The smallest absolute Gasteiger partial charge is 0.181 e. The topological polar surface area (TPSA) is 106 Å². The number of nitrogens with one attached hydrogen (secondary N) is 2. The number of nitrogens with zero attached hydrogens (tertiary/aromatic N) is 4. The first-order valence-electron chi connectivity index (χ1n) is 10.3. The van der Waals surface area contributed by atoms with Gasteiger partial charge in [0.2, 0.25) is 0 Å². The van der Waals surface area contributed by atoms with E-state index >= 15 is 0 Å². The van der Waals surface area contributed by atoms with Crippen LogP contribution in [0.15, 0.2) is 59.9 Å². The van der Waals surface area contributed by atoms with Crippen molar-refractivity contribution in [2.75, 3.05) is 18.4 Å². The highest BCUT2D eigenvalue weighted by atomic mass is 16.3. The van der Waals surface area contributed by atoms with Gasteiger partial charge in [-0.3, -0.25) is 14.8 Å². The van der Waals surface area contributed by atoms with Gasteiger partial charge in [0.25, 0.3) is 0 Å². The lowest BCUT2D eigenvalue weighted by molar-refractivity contribution is 0.0992. The number of hydrogen-bond acceptors (Lipinski definition) is 8. The number of carbonyl (C=O) groups excluding carboxylic acids is 1. The molecule has 0 spiro atoms. The van der Waals surface area contributed by atoms with Crippen molar-refractivity contribution < 1.29 is 9.21 Å². The Balaban J connectivity index is 1.33. The van der Waals surface area contributed by atoms with Gasteiger partial charge in [0.05, 0.1) is 24.3 Å². The van der Waals surface area contributed by atoms with Crippen LogP contribution in [0.25, 0.3) is 22.2 Å². The van der Waals surface area contributed by atoms with Crippen LogP contribution in [0.5, 0.6) is 0 Å². The van der Waals surface area contributed by atoms with Crippen LogP contribution in [0.1, 0.15) is 28.9 Å². The molecule has 0 aromatic carbocycles. The molecule has 0 aliphatic carbocycles. The number of piperidine rings is 1. The second kappa shape index (κ2) is 8.61. The molecule has 8 nitrogen and oxygen atoms in total. The summed E-state index contributed by atoms with van der Waals surface area (Å²) in [6.45, 7) is 1.99. The second-order valence-corrected chi connectivity index (χ2v) is 7.66. The molecular weight excluding hydrogens is 392 g/mol. The maximum absolute atomic E-state index is 12.9. The molecule has 2 N–H and O–H groups in total. The first kappa shape index (κ1) is 19.3. The molecule has 1 saturated heterocycles. The Morgan fingerprint density at radius 3 is 2.84 bits per heavy atom. The summed E-state index contributed by atoms with van der Waals surface area (Å²) < 4.78 is 5.35. The minimum Gasteiger partial charge on any atom is -0.443 e. The Morgan fingerprint density at radius 1 is 1.10 bits per heavy atom. The molecule has 156 valence electrons. The van der Waals surface area contributed by atoms with Gasteiger partial charge in [-0.05, 0) is 50.2 Å². The molecule has 5 heterocycles. The highest BCUT2D eigenvalue weighted by Crippen LogP contribution is 2.23. The van der Waals surface area contributed by atoms with Gasteiger partial charge in [-0.2, -0.15) is 0 Å². The third-order valence-corrected chi connectivity index (χ3v) is 5.46. The number of aromatic nitrogens is 4. The van der Waals surface area contributed by atoms with Crippen molar-refractivity contribution in [3.05, 3.63) is 66.7 Å². The molecule has 0 bridgehead atoms. The van der Waals surface area contributed by atoms with E-state index in [1.54, 1.807) is 30.9 Å². The van der Waals surface area contributed by atoms with Crippen molar-refractivity contribution in [3.63, 3.8) is 0 Å². The van der Waals surface area contributed by atoms with E-state index in [0.717, 1.165) is 48.2 Å². The number of hydrogen-bond donors (Lipinski definition) is 2. The summed E-state index contributed by atoms with van der Waals surface area (Å²) in [5.41, 5.74) is 2.91. The Morgan fingerprint density at radius 2 is 2.00 bits per heavy atom. The van der Waals surface area contributed by atoms with Gasteiger partial charge in [-0.25, -0.2) is 9.97 Å². The highest BCUT2D eigenvalue weighted by molar-refractivity contribution is 5.98. The molecule has 1 aliphatic rings. The van der Waals surface area contributed by atoms with Crippen LogP contribution in [0.2, 0.25) is 0 Å². The zero-order chi connectivity index (χ0) is 21.0. The van der Waals surface area contributed by atoms with Crippen molar-refractivity contribution >= 4 is 22.5 Å². The van der Waals surface area contributed by atoms with Gasteiger partial charge < -0.3 is 15.1 Å². The summed E-state index contributed by atoms with van der Waals surface area (Å²) in [5.74, 6) is 1.39.